The van der Waals surface area contributed by atoms with E-state index in [0.717, 1.165) is 18.6 Å². The Balaban J connectivity index is 1.28. The van der Waals surface area contributed by atoms with Gasteiger partial charge in [0.1, 0.15) is 0 Å². The van der Waals surface area contributed by atoms with Crippen molar-refractivity contribution in [3.63, 3.8) is 0 Å². The van der Waals surface area contributed by atoms with Crippen molar-refractivity contribution in [3.05, 3.63) is 0 Å². The number of nitrogens with one attached hydrogen (secondary N) is 1. The Labute approximate surface area is 124 Å². The first-order valence-corrected chi connectivity index (χ1v) is 8.74. The number of hydrogen-bond donors (Lipinski definition) is 1. The normalized spacial score (nSPS) is 32.9. The summed E-state index contributed by atoms with van der Waals surface area (Å²) in [6, 6.07) is 0.898. The van der Waals surface area contributed by atoms with Crippen molar-refractivity contribution in [2.45, 2.75) is 38.6 Å². The van der Waals surface area contributed by atoms with E-state index >= 15 is 0 Å². The first kappa shape index (κ1) is 14.8. The van der Waals surface area contributed by atoms with E-state index in [1.165, 1.54) is 78.0 Å². The van der Waals surface area contributed by atoms with E-state index in [1.54, 1.807) is 0 Å². The molecular formula is C16H32N4. The topological polar surface area (TPSA) is 21.8 Å². The third-order valence-electron chi connectivity index (χ3n) is 5.61. The predicted octanol–water partition coefficient (Wildman–Crippen LogP) is 1.05. The highest BCUT2D eigenvalue weighted by Gasteiger charge is 2.28. The molecule has 3 aliphatic rings. The maximum atomic E-state index is 3.42. The monoisotopic (exact) mass is 280 g/mol. The lowest BCUT2D eigenvalue weighted by molar-refractivity contribution is 0.0818. The van der Waals surface area contributed by atoms with Crippen LogP contribution in [0.1, 0.15) is 32.6 Å². The molecule has 0 aromatic carbocycles. The minimum atomic E-state index is 0.898. The molecule has 0 bridgehead atoms. The van der Waals surface area contributed by atoms with Crippen molar-refractivity contribution < 1.29 is 0 Å². The Morgan fingerprint density at radius 3 is 2.60 bits per heavy atom. The van der Waals surface area contributed by atoms with Gasteiger partial charge in [-0.15, -0.1) is 0 Å². The average molecular weight is 280 g/mol. The van der Waals surface area contributed by atoms with Gasteiger partial charge in [0.2, 0.25) is 0 Å². The molecule has 0 aliphatic carbocycles. The minimum Gasteiger partial charge on any atom is -0.303 e. The summed E-state index contributed by atoms with van der Waals surface area (Å²) < 4.78 is 0. The predicted molar refractivity (Wildman–Crippen MR) is 83.9 cm³/mol. The highest BCUT2D eigenvalue weighted by atomic mass is 15.3. The molecule has 4 heteroatoms. The van der Waals surface area contributed by atoms with E-state index in [0.29, 0.717) is 0 Å². The van der Waals surface area contributed by atoms with E-state index < -0.39 is 0 Å². The summed E-state index contributed by atoms with van der Waals surface area (Å²) in [5, 5.41) is 3.42. The van der Waals surface area contributed by atoms with Crippen LogP contribution in [0.3, 0.4) is 0 Å². The van der Waals surface area contributed by atoms with E-state index in [-0.39, 0.29) is 0 Å². The number of nitrogens with zero attached hydrogens (tertiary/aromatic N) is 3. The first-order valence-electron chi connectivity index (χ1n) is 8.74. The molecule has 2 unspecified atom stereocenters. The van der Waals surface area contributed by atoms with Crippen LogP contribution in [-0.2, 0) is 0 Å². The van der Waals surface area contributed by atoms with Gasteiger partial charge in [-0.3, -0.25) is 4.90 Å². The molecule has 0 aromatic heterocycles. The maximum absolute atomic E-state index is 3.42. The van der Waals surface area contributed by atoms with Crippen molar-refractivity contribution in [3.8, 4) is 0 Å². The molecule has 0 spiro atoms. The van der Waals surface area contributed by atoms with Gasteiger partial charge in [0.15, 0.2) is 0 Å². The van der Waals surface area contributed by atoms with E-state index in [9.17, 15) is 0 Å². The van der Waals surface area contributed by atoms with Crippen LogP contribution in [0.2, 0.25) is 0 Å². The van der Waals surface area contributed by atoms with E-state index in [2.05, 4.69) is 26.9 Å². The van der Waals surface area contributed by atoms with Crippen molar-refractivity contribution in [2.75, 3.05) is 59.0 Å². The molecule has 0 aromatic rings. The smallest absolute Gasteiger partial charge is 0.0481 e. The van der Waals surface area contributed by atoms with E-state index in [1.807, 2.05) is 0 Å². The molecule has 0 radical (unpaired) electrons. The Bertz CT molecular complexity index is 288. The van der Waals surface area contributed by atoms with Gasteiger partial charge in [-0.1, -0.05) is 6.92 Å². The molecule has 4 nitrogen and oxygen atoms in total. The fourth-order valence-electron chi connectivity index (χ4n) is 4.03. The summed E-state index contributed by atoms with van der Waals surface area (Å²) in [6.07, 6.45) is 5.68. The van der Waals surface area contributed by atoms with Crippen LogP contribution in [0.4, 0.5) is 0 Å². The molecule has 1 N–H and O–H groups in total. The van der Waals surface area contributed by atoms with Crippen molar-refractivity contribution in [2.24, 2.45) is 5.92 Å². The molecule has 3 fully saturated rings. The molecule has 3 heterocycles. The number of hydrogen-bond acceptors (Lipinski definition) is 4. The zero-order valence-corrected chi connectivity index (χ0v) is 13.2. The van der Waals surface area contributed by atoms with Crippen LogP contribution in [0, 0.1) is 5.92 Å². The van der Waals surface area contributed by atoms with Crippen LogP contribution < -0.4 is 5.32 Å². The molecule has 3 saturated heterocycles. The summed E-state index contributed by atoms with van der Waals surface area (Å²) in [5.74, 6) is 0.958. The molecule has 3 rings (SSSR count). The zero-order valence-electron chi connectivity index (χ0n) is 13.2. The maximum Gasteiger partial charge on any atom is 0.0481 e. The van der Waals surface area contributed by atoms with Crippen LogP contribution in [-0.4, -0.2) is 79.8 Å². The van der Waals surface area contributed by atoms with Gasteiger partial charge in [0.05, 0.1) is 0 Å². The molecule has 116 valence electrons. The molecule has 0 amide bonds. The van der Waals surface area contributed by atoms with Crippen LogP contribution in [0.25, 0.3) is 0 Å². The summed E-state index contributed by atoms with van der Waals surface area (Å²) in [5.41, 5.74) is 0. The standard InChI is InChI=1S/C16H32N4/c1-2-20-11-6-16(20)5-10-18-8-3-15(13-18)4-9-19-12-7-17-14-19/h15-17H,2-14H2,1H3. The van der Waals surface area contributed by atoms with Gasteiger partial charge in [-0.2, -0.15) is 0 Å². The number of rotatable bonds is 7. The molecule has 0 saturated carbocycles. The molecular weight excluding hydrogens is 248 g/mol. The number of likely N-dealkylation sites (tertiary alicyclic amines) is 2. The van der Waals surface area contributed by atoms with Crippen LogP contribution in [0.15, 0.2) is 0 Å². The second-order valence-electron chi connectivity index (χ2n) is 6.88. The Hall–Kier alpha value is -0.160. The van der Waals surface area contributed by atoms with Crippen molar-refractivity contribution in [1.82, 2.24) is 20.0 Å². The quantitative estimate of drug-likeness (QED) is 0.752. The summed E-state index contributed by atoms with van der Waals surface area (Å²) in [7, 11) is 0. The van der Waals surface area contributed by atoms with Gasteiger partial charge in [0, 0.05) is 32.3 Å². The third-order valence-corrected chi connectivity index (χ3v) is 5.61. The molecule has 20 heavy (non-hydrogen) atoms. The lowest BCUT2D eigenvalue weighted by Gasteiger charge is -2.41. The largest absolute Gasteiger partial charge is 0.303 e. The minimum absolute atomic E-state index is 0.898. The van der Waals surface area contributed by atoms with Crippen LogP contribution >= 0.6 is 0 Å². The zero-order chi connectivity index (χ0) is 13.8. The summed E-state index contributed by atoms with van der Waals surface area (Å²) in [4.78, 5) is 7.92. The average Bonchev–Trinajstić information content (AvgIpc) is 3.07. The van der Waals surface area contributed by atoms with Gasteiger partial charge < -0.3 is 15.1 Å². The molecule has 2 atom stereocenters. The van der Waals surface area contributed by atoms with Crippen molar-refractivity contribution >= 4 is 0 Å². The lowest BCUT2D eigenvalue weighted by Crippen LogP contribution is -2.48. The lowest BCUT2D eigenvalue weighted by atomic mass is 9.99. The Morgan fingerprint density at radius 1 is 1.00 bits per heavy atom. The first-order chi connectivity index (χ1) is 9.85. The Kier molecular flexibility index (Phi) is 5.32. The van der Waals surface area contributed by atoms with Crippen LogP contribution in [0.5, 0.6) is 0 Å². The highest BCUT2D eigenvalue weighted by Crippen LogP contribution is 2.24. The highest BCUT2D eigenvalue weighted by molar-refractivity contribution is 4.84. The van der Waals surface area contributed by atoms with Gasteiger partial charge >= 0.3 is 0 Å². The van der Waals surface area contributed by atoms with Crippen molar-refractivity contribution in [1.29, 1.82) is 0 Å². The van der Waals surface area contributed by atoms with E-state index in [4.69, 9.17) is 0 Å². The fraction of sp³-hybridized carbons (Fsp3) is 1.00. The SMILES string of the molecule is CCN1CCC1CCN1CCC(CCN2CCNC2)C1. The summed E-state index contributed by atoms with van der Waals surface area (Å²) >= 11 is 0. The second kappa shape index (κ2) is 7.21. The second-order valence-corrected chi connectivity index (χ2v) is 6.88. The van der Waals surface area contributed by atoms with Gasteiger partial charge in [0.25, 0.3) is 0 Å². The molecule has 3 aliphatic heterocycles. The van der Waals surface area contributed by atoms with Gasteiger partial charge in [-0.05, 0) is 64.3 Å². The Morgan fingerprint density at radius 2 is 1.90 bits per heavy atom. The summed E-state index contributed by atoms with van der Waals surface area (Å²) in [6.45, 7) is 13.8. The fourth-order valence-corrected chi connectivity index (χ4v) is 4.03. The third kappa shape index (κ3) is 3.73. The van der Waals surface area contributed by atoms with Gasteiger partial charge in [-0.25, -0.2) is 0 Å².